The summed E-state index contributed by atoms with van der Waals surface area (Å²) in [5.74, 6) is -1.07. The number of nitrogens with one attached hydrogen (secondary N) is 1. The Balaban J connectivity index is 2.30. The Labute approximate surface area is 130 Å². The fourth-order valence-electron chi connectivity index (χ4n) is 1.67. The van der Waals surface area contributed by atoms with Crippen LogP contribution in [0.3, 0.4) is 0 Å². The first-order valence-corrected chi connectivity index (χ1v) is 8.52. The van der Waals surface area contributed by atoms with Gasteiger partial charge in [-0.05, 0) is 52.3 Å². The van der Waals surface area contributed by atoms with Gasteiger partial charge in [0.05, 0.1) is 10.5 Å². The van der Waals surface area contributed by atoms with Crippen molar-refractivity contribution in [1.29, 1.82) is 0 Å². The Hall–Kier alpha value is -1.73. The molecule has 0 aromatic heterocycles. The molecular weight excluding hydrogens is 361 g/mol. The summed E-state index contributed by atoms with van der Waals surface area (Å²) in [4.78, 5) is 12.2. The van der Waals surface area contributed by atoms with E-state index in [1.807, 2.05) is 0 Å². The predicted molar refractivity (Wildman–Crippen MR) is 81.6 cm³/mol. The minimum absolute atomic E-state index is 0.0959. The van der Waals surface area contributed by atoms with E-state index in [-0.39, 0.29) is 10.5 Å². The number of sulfone groups is 1. The highest BCUT2D eigenvalue weighted by atomic mass is 79.9. The summed E-state index contributed by atoms with van der Waals surface area (Å²) >= 11 is 3.17. The summed E-state index contributed by atoms with van der Waals surface area (Å²) in [6.07, 6.45) is 1.08. The summed E-state index contributed by atoms with van der Waals surface area (Å²) in [5.41, 5.74) is 0.443. The van der Waals surface area contributed by atoms with Gasteiger partial charge < -0.3 is 5.32 Å². The first-order chi connectivity index (χ1) is 9.77. The summed E-state index contributed by atoms with van der Waals surface area (Å²) in [6, 6.07) is 9.61. The second kappa shape index (κ2) is 5.95. The highest BCUT2D eigenvalue weighted by Gasteiger charge is 2.13. The van der Waals surface area contributed by atoms with Crippen LogP contribution in [0.25, 0.3) is 0 Å². The zero-order chi connectivity index (χ0) is 15.6. The van der Waals surface area contributed by atoms with Gasteiger partial charge in [0.1, 0.15) is 5.82 Å². The molecule has 2 aromatic carbocycles. The van der Waals surface area contributed by atoms with E-state index < -0.39 is 21.6 Å². The maximum absolute atomic E-state index is 13.2. The van der Waals surface area contributed by atoms with Crippen molar-refractivity contribution in [2.45, 2.75) is 4.90 Å². The van der Waals surface area contributed by atoms with Crippen LogP contribution in [-0.4, -0.2) is 20.6 Å². The number of carbonyl (C=O) groups is 1. The molecule has 0 aliphatic rings. The van der Waals surface area contributed by atoms with Crippen molar-refractivity contribution in [1.82, 2.24) is 0 Å². The van der Waals surface area contributed by atoms with Crippen molar-refractivity contribution in [2.75, 3.05) is 11.6 Å². The lowest BCUT2D eigenvalue weighted by Gasteiger charge is -2.08. The molecule has 110 valence electrons. The lowest BCUT2D eigenvalue weighted by atomic mass is 10.2. The third-order valence-corrected chi connectivity index (χ3v) is 4.49. The minimum Gasteiger partial charge on any atom is -0.322 e. The Morgan fingerprint density at radius 1 is 1.19 bits per heavy atom. The average molecular weight is 372 g/mol. The number of carbonyl (C=O) groups excluding carboxylic acids is 1. The SMILES string of the molecule is CS(=O)(=O)c1cccc(NC(=O)c2cc(F)ccc2Br)c1. The molecule has 21 heavy (non-hydrogen) atoms. The maximum atomic E-state index is 13.2. The fourth-order valence-corrected chi connectivity index (χ4v) is 2.77. The molecule has 0 aliphatic heterocycles. The molecule has 0 heterocycles. The van der Waals surface area contributed by atoms with Crippen molar-refractivity contribution < 1.29 is 17.6 Å². The molecule has 1 N–H and O–H groups in total. The smallest absolute Gasteiger partial charge is 0.256 e. The molecule has 1 amide bonds. The minimum atomic E-state index is -3.36. The van der Waals surface area contributed by atoms with Crippen molar-refractivity contribution >= 4 is 37.4 Å². The Kier molecular flexibility index (Phi) is 4.43. The third-order valence-electron chi connectivity index (χ3n) is 2.69. The van der Waals surface area contributed by atoms with Gasteiger partial charge >= 0.3 is 0 Å². The molecule has 0 radical (unpaired) electrons. The van der Waals surface area contributed by atoms with Crippen LogP contribution >= 0.6 is 15.9 Å². The fraction of sp³-hybridized carbons (Fsp3) is 0.0714. The number of anilines is 1. The van der Waals surface area contributed by atoms with E-state index in [2.05, 4.69) is 21.2 Å². The van der Waals surface area contributed by atoms with Gasteiger partial charge in [-0.3, -0.25) is 4.79 Å². The van der Waals surface area contributed by atoms with E-state index in [1.165, 1.54) is 30.3 Å². The highest BCUT2D eigenvalue weighted by molar-refractivity contribution is 9.10. The largest absolute Gasteiger partial charge is 0.322 e. The van der Waals surface area contributed by atoms with Gasteiger partial charge in [-0.15, -0.1) is 0 Å². The lowest BCUT2D eigenvalue weighted by molar-refractivity contribution is 0.102. The van der Waals surface area contributed by atoms with Gasteiger partial charge in [0, 0.05) is 16.4 Å². The monoisotopic (exact) mass is 371 g/mol. The second-order valence-electron chi connectivity index (χ2n) is 4.38. The van der Waals surface area contributed by atoms with E-state index in [4.69, 9.17) is 0 Å². The Morgan fingerprint density at radius 2 is 1.90 bits per heavy atom. The molecule has 0 spiro atoms. The van der Waals surface area contributed by atoms with Crippen LogP contribution < -0.4 is 5.32 Å². The van der Waals surface area contributed by atoms with E-state index >= 15 is 0 Å². The molecule has 0 aliphatic carbocycles. The second-order valence-corrected chi connectivity index (χ2v) is 7.25. The predicted octanol–water partition coefficient (Wildman–Crippen LogP) is 3.24. The van der Waals surface area contributed by atoms with E-state index in [0.29, 0.717) is 10.2 Å². The molecule has 0 saturated heterocycles. The van der Waals surface area contributed by atoms with Crippen LogP contribution in [0.4, 0.5) is 10.1 Å². The zero-order valence-corrected chi connectivity index (χ0v) is 13.3. The molecule has 7 heteroatoms. The highest BCUT2D eigenvalue weighted by Crippen LogP contribution is 2.21. The van der Waals surface area contributed by atoms with Crippen LogP contribution in [0.5, 0.6) is 0 Å². The van der Waals surface area contributed by atoms with E-state index in [1.54, 1.807) is 6.07 Å². The molecule has 0 bridgehead atoms. The van der Waals surface area contributed by atoms with E-state index in [9.17, 15) is 17.6 Å². The van der Waals surface area contributed by atoms with Crippen LogP contribution in [0.2, 0.25) is 0 Å². The topological polar surface area (TPSA) is 63.2 Å². The lowest BCUT2D eigenvalue weighted by Crippen LogP contribution is -2.13. The molecular formula is C14H11BrFNO3S. The summed E-state index contributed by atoms with van der Waals surface area (Å²) in [6.45, 7) is 0. The molecule has 0 unspecified atom stereocenters. The number of hydrogen-bond donors (Lipinski definition) is 1. The van der Waals surface area contributed by atoms with Gasteiger partial charge in [-0.1, -0.05) is 6.07 Å². The zero-order valence-electron chi connectivity index (χ0n) is 10.9. The molecule has 0 saturated carbocycles. The maximum Gasteiger partial charge on any atom is 0.256 e. The summed E-state index contributed by atoms with van der Waals surface area (Å²) in [7, 11) is -3.36. The van der Waals surface area contributed by atoms with Crippen molar-refractivity contribution in [3.8, 4) is 0 Å². The van der Waals surface area contributed by atoms with Crippen LogP contribution in [0.1, 0.15) is 10.4 Å². The standard InChI is InChI=1S/C14H11BrFNO3S/c1-21(19,20)11-4-2-3-10(8-11)17-14(18)12-7-9(16)5-6-13(12)15/h2-8H,1H3,(H,17,18). The Bertz CT molecular complexity index is 806. The first kappa shape index (κ1) is 15.7. The van der Waals surface area contributed by atoms with Gasteiger partial charge in [-0.2, -0.15) is 0 Å². The average Bonchev–Trinajstić information content (AvgIpc) is 2.41. The normalized spacial score (nSPS) is 11.2. The summed E-state index contributed by atoms with van der Waals surface area (Å²) in [5, 5.41) is 2.54. The number of rotatable bonds is 3. The number of amides is 1. The molecule has 4 nitrogen and oxygen atoms in total. The number of hydrogen-bond acceptors (Lipinski definition) is 3. The van der Waals surface area contributed by atoms with Crippen molar-refractivity contribution in [3.63, 3.8) is 0 Å². The van der Waals surface area contributed by atoms with E-state index in [0.717, 1.165) is 12.3 Å². The van der Waals surface area contributed by atoms with Gasteiger partial charge in [0.2, 0.25) is 0 Å². The summed E-state index contributed by atoms with van der Waals surface area (Å²) < 4.78 is 36.6. The van der Waals surface area contributed by atoms with Crippen molar-refractivity contribution in [2.24, 2.45) is 0 Å². The molecule has 0 fully saturated rings. The molecule has 2 rings (SSSR count). The van der Waals surface area contributed by atoms with Gasteiger partial charge in [0.25, 0.3) is 5.91 Å². The van der Waals surface area contributed by atoms with Crippen LogP contribution in [-0.2, 0) is 9.84 Å². The molecule has 0 atom stereocenters. The van der Waals surface area contributed by atoms with Crippen LogP contribution in [0, 0.1) is 5.82 Å². The van der Waals surface area contributed by atoms with Crippen LogP contribution in [0.15, 0.2) is 51.8 Å². The van der Waals surface area contributed by atoms with Crippen molar-refractivity contribution in [3.05, 3.63) is 58.3 Å². The van der Waals surface area contributed by atoms with Gasteiger partial charge in [0.15, 0.2) is 9.84 Å². The molecule has 2 aromatic rings. The number of halogens is 2. The quantitative estimate of drug-likeness (QED) is 0.900. The third kappa shape index (κ3) is 3.89. The Morgan fingerprint density at radius 3 is 2.57 bits per heavy atom. The first-order valence-electron chi connectivity index (χ1n) is 5.84. The number of benzene rings is 2. The van der Waals surface area contributed by atoms with Gasteiger partial charge in [-0.25, -0.2) is 12.8 Å².